The number of hydrogen-bond donors (Lipinski definition) is 0. The summed E-state index contributed by atoms with van der Waals surface area (Å²) in [5.41, 5.74) is 0.322. The van der Waals surface area contributed by atoms with Gasteiger partial charge in [-0.3, -0.25) is 4.79 Å². The van der Waals surface area contributed by atoms with Crippen LogP contribution in [0.5, 0.6) is 0 Å². The summed E-state index contributed by atoms with van der Waals surface area (Å²) >= 11 is 0. The van der Waals surface area contributed by atoms with E-state index in [4.69, 9.17) is 0 Å². The van der Waals surface area contributed by atoms with Gasteiger partial charge in [0.2, 0.25) is 0 Å². The molecule has 2 heterocycles. The highest BCUT2D eigenvalue weighted by molar-refractivity contribution is 5.84. The molecule has 0 radical (unpaired) electrons. The molecule has 1 saturated heterocycles. The molecule has 2 rings (SSSR count). The van der Waals surface area contributed by atoms with Crippen LogP contribution < -0.4 is 4.90 Å². The highest BCUT2D eigenvalue weighted by atomic mass is 19.1. The minimum Gasteiger partial charge on any atom is -0.344 e. The predicted molar refractivity (Wildman–Crippen MR) is 62.4 cm³/mol. The molecule has 0 amide bonds. The maximum absolute atomic E-state index is 13.9. The summed E-state index contributed by atoms with van der Waals surface area (Å²) in [7, 11) is 0. The molecule has 1 aliphatic rings. The van der Waals surface area contributed by atoms with Gasteiger partial charge in [0.1, 0.15) is 6.33 Å². The quantitative estimate of drug-likeness (QED) is 0.787. The van der Waals surface area contributed by atoms with Crippen molar-refractivity contribution >= 4 is 11.6 Å². The number of Topliss-reactive ketones (excluding diaryl/α,β-unsaturated/α-hetero) is 1. The molecule has 1 unspecified atom stereocenters. The third-order valence-corrected chi connectivity index (χ3v) is 3.19. The van der Waals surface area contributed by atoms with Crippen molar-refractivity contribution in [3.63, 3.8) is 0 Å². The number of carbonyl (C=O) groups is 1. The number of hydrogen-bond acceptors (Lipinski definition) is 4. The standard InChI is InChI=1S/C12H16FN3O/c1-8-11(13)12(15-7-14-8)16-6-4-3-5-10(16)9(2)17/h7,10H,3-6H2,1-2H3. The van der Waals surface area contributed by atoms with E-state index < -0.39 is 5.82 Å². The monoisotopic (exact) mass is 237 g/mol. The van der Waals surface area contributed by atoms with E-state index in [1.807, 2.05) is 0 Å². The van der Waals surface area contributed by atoms with Crippen molar-refractivity contribution in [3.05, 3.63) is 17.8 Å². The van der Waals surface area contributed by atoms with Gasteiger partial charge in [-0.05, 0) is 33.1 Å². The van der Waals surface area contributed by atoms with Gasteiger partial charge in [0.15, 0.2) is 17.4 Å². The highest BCUT2D eigenvalue weighted by Crippen LogP contribution is 2.26. The zero-order valence-electron chi connectivity index (χ0n) is 10.1. The fourth-order valence-corrected chi connectivity index (χ4v) is 2.25. The number of piperidine rings is 1. The molecule has 1 atom stereocenters. The Kier molecular flexibility index (Phi) is 3.36. The lowest BCUT2D eigenvalue weighted by Crippen LogP contribution is -2.44. The first kappa shape index (κ1) is 12.0. The third-order valence-electron chi connectivity index (χ3n) is 3.19. The normalized spacial score (nSPS) is 20.4. The minimum absolute atomic E-state index is 0.0698. The fraction of sp³-hybridized carbons (Fsp3) is 0.583. The van der Waals surface area contributed by atoms with Crippen LogP contribution in [0, 0.1) is 12.7 Å². The third kappa shape index (κ3) is 2.28. The number of rotatable bonds is 2. The minimum atomic E-state index is -0.416. The SMILES string of the molecule is CC(=O)C1CCCCN1c1ncnc(C)c1F. The van der Waals surface area contributed by atoms with E-state index in [0.29, 0.717) is 12.2 Å². The van der Waals surface area contributed by atoms with Gasteiger partial charge in [0, 0.05) is 6.54 Å². The van der Waals surface area contributed by atoms with E-state index in [9.17, 15) is 9.18 Å². The van der Waals surface area contributed by atoms with Gasteiger partial charge in [-0.25, -0.2) is 14.4 Å². The summed E-state index contributed by atoms with van der Waals surface area (Å²) in [4.78, 5) is 21.1. The van der Waals surface area contributed by atoms with Crippen LogP contribution in [-0.2, 0) is 4.79 Å². The van der Waals surface area contributed by atoms with E-state index in [1.54, 1.807) is 18.7 Å². The van der Waals surface area contributed by atoms with Gasteiger partial charge in [-0.2, -0.15) is 0 Å². The van der Waals surface area contributed by atoms with Gasteiger partial charge in [-0.1, -0.05) is 0 Å². The number of carbonyl (C=O) groups excluding carboxylic acids is 1. The van der Waals surface area contributed by atoms with E-state index >= 15 is 0 Å². The summed E-state index contributed by atoms with van der Waals surface area (Å²) in [6.45, 7) is 3.83. The Hall–Kier alpha value is -1.52. The topological polar surface area (TPSA) is 46.1 Å². The van der Waals surface area contributed by atoms with Crippen LogP contribution in [0.15, 0.2) is 6.33 Å². The van der Waals surface area contributed by atoms with Crippen molar-refractivity contribution in [3.8, 4) is 0 Å². The second-order valence-electron chi connectivity index (χ2n) is 4.41. The molecule has 0 aromatic carbocycles. The Labute approximate surface area is 99.9 Å². The lowest BCUT2D eigenvalue weighted by atomic mass is 9.99. The molecule has 0 spiro atoms. The zero-order chi connectivity index (χ0) is 12.4. The Morgan fingerprint density at radius 2 is 2.24 bits per heavy atom. The van der Waals surface area contributed by atoms with Gasteiger partial charge in [0.25, 0.3) is 0 Å². The van der Waals surface area contributed by atoms with Crippen molar-refractivity contribution in [2.45, 2.75) is 39.2 Å². The first-order chi connectivity index (χ1) is 8.11. The fourth-order valence-electron chi connectivity index (χ4n) is 2.25. The lowest BCUT2D eigenvalue weighted by Gasteiger charge is -2.35. The van der Waals surface area contributed by atoms with Crippen LogP contribution in [0.25, 0.3) is 0 Å². The van der Waals surface area contributed by atoms with Crippen LogP contribution in [0.2, 0.25) is 0 Å². The average molecular weight is 237 g/mol. The molecule has 0 N–H and O–H groups in total. The number of nitrogens with zero attached hydrogens (tertiary/aromatic N) is 3. The molecule has 1 aromatic heterocycles. The lowest BCUT2D eigenvalue weighted by molar-refractivity contribution is -0.118. The number of ketones is 1. The summed E-state index contributed by atoms with van der Waals surface area (Å²) in [5.74, 6) is -0.0848. The molecule has 0 bridgehead atoms. The zero-order valence-corrected chi connectivity index (χ0v) is 10.1. The number of anilines is 1. The number of halogens is 1. The first-order valence-corrected chi connectivity index (χ1v) is 5.85. The van der Waals surface area contributed by atoms with Crippen LogP contribution in [0.4, 0.5) is 10.2 Å². The van der Waals surface area contributed by atoms with Gasteiger partial charge < -0.3 is 4.90 Å². The Morgan fingerprint density at radius 3 is 2.94 bits per heavy atom. The second-order valence-corrected chi connectivity index (χ2v) is 4.41. The smallest absolute Gasteiger partial charge is 0.186 e. The maximum Gasteiger partial charge on any atom is 0.186 e. The van der Waals surface area contributed by atoms with Crippen LogP contribution >= 0.6 is 0 Å². The molecule has 0 aliphatic carbocycles. The first-order valence-electron chi connectivity index (χ1n) is 5.85. The molecular weight excluding hydrogens is 221 g/mol. The van der Waals surface area contributed by atoms with Gasteiger partial charge >= 0.3 is 0 Å². The molecule has 1 aliphatic heterocycles. The number of aromatic nitrogens is 2. The van der Waals surface area contributed by atoms with Crippen LogP contribution in [-0.4, -0.2) is 28.3 Å². The van der Waals surface area contributed by atoms with Gasteiger partial charge in [-0.15, -0.1) is 0 Å². The Balaban J connectivity index is 2.36. The summed E-state index contributed by atoms with van der Waals surface area (Å²) in [5, 5.41) is 0. The Morgan fingerprint density at radius 1 is 1.47 bits per heavy atom. The molecule has 92 valence electrons. The van der Waals surface area contributed by atoms with Crippen molar-refractivity contribution < 1.29 is 9.18 Å². The van der Waals surface area contributed by atoms with E-state index in [2.05, 4.69) is 9.97 Å². The molecule has 5 heteroatoms. The van der Waals surface area contributed by atoms with Gasteiger partial charge in [0.05, 0.1) is 11.7 Å². The summed E-state index contributed by atoms with van der Waals surface area (Å²) in [6, 6.07) is -0.243. The molecular formula is C12H16FN3O. The van der Waals surface area contributed by atoms with Crippen molar-refractivity contribution in [2.75, 3.05) is 11.4 Å². The number of aryl methyl sites for hydroxylation is 1. The molecule has 17 heavy (non-hydrogen) atoms. The van der Waals surface area contributed by atoms with E-state index in [0.717, 1.165) is 19.3 Å². The van der Waals surface area contributed by atoms with Crippen LogP contribution in [0.1, 0.15) is 31.9 Å². The second kappa shape index (κ2) is 4.77. The van der Waals surface area contributed by atoms with Crippen molar-refractivity contribution in [2.24, 2.45) is 0 Å². The van der Waals surface area contributed by atoms with Crippen molar-refractivity contribution in [1.29, 1.82) is 0 Å². The largest absolute Gasteiger partial charge is 0.344 e. The molecule has 1 aromatic rings. The molecule has 4 nitrogen and oxygen atoms in total. The average Bonchev–Trinajstić information content (AvgIpc) is 2.33. The van der Waals surface area contributed by atoms with E-state index in [-0.39, 0.29) is 17.6 Å². The maximum atomic E-state index is 13.9. The summed E-state index contributed by atoms with van der Waals surface area (Å²) in [6.07, 6.45) is 4.09. The molecule has 0 saturated carbocycles. The van der Waals surface area contributed by atoms with Crippen LogP contribution in [0.3, 0.4) is 0 Å². The van der Waals surface area contributed by atoms with E-state index in [1.165, 1.54) is 6.33 Å². The Bertz CT molecular complexity index is 436. The molecule has 1 fully saturated rings. The van der Waals surface area contributed by atoms with Crippen molar-refractivity contribution in [1.82, 2.24) is 9.97 Å². The summed E-state index contributed by atoms with van der Waals surface area (Å²) < 4.78 is 13.9. The predicted octanol–water partition coefficient (Wildman–Crippen LogP) is 1.87. The highest BCUT2D eigenvalue weighted by Gasteiger charge is 2.29.